The van der Waals surface area contributed by atoms with E-state index < -0.39 is 0 Å². The van der Waals surface area contributed by atoms with Gasteiger partial charge in [-0.15, -0.1) is 0 Å². The van der Waals surface area contributed by atoms with Crippen molar-refractivity contribution in [3.05, 3.63) is 42.0 Å². The molecule has 0 aliphatic carbocycles. The number of hydrogen-bond donors (Lipinski definition) is 2. The molecule has 5 nitrogen and oxygen atoms in total. The van der Waals surface area contributed by atoms with Crippen LogP contribution < -0.4 is 20.7 Å². The van der Waals surface area contributed by atoms with Crippen molar-refractivity contribution in [2.75, 3.05) is 29.6 Å². The molecule has 0 aromatic heterocycles. The number of carbonyl (C=O) groups is 1. The third kappa shape index (κ3) is 2.38. The number of ether oxygens (including phenoxy) is 1. The van der Waals surface area contributed by atoms with E-state index in [1.807, 2.05) is 49.2 Å². The molecule has 1 aliphatic rings. The van der Waals surface area contributed by atoms with Gasteiger partial charge in [-0.2, -0.15) is 0 Å². The van der Waals surface area contributed by atoms with E-state index in [1.54, 1.807) is 6.07 Å². The molecule has 2 aromatic carbocycles. The number of amides is 1. The van der Waals surface area contributed by atoms with Gasteiger partial charge in [-0.3, -0.25) is 4.79 Å². The number of para-hydroxylation sites is 1. The average Bonchev–Trinajstić information content (AvgIpc) is 2.47. The molecule has 0 unspecified atom stereocenters. The summed E-state index contributed by atoms with van der Waals surface area (Å²) in [6.07, 6.45) is 0. The summed E-state index contributed by atoms with van der Waals surface area (Å²) in [6.45, 7) is 2.07. The Balaban J connectivity index is 2.04. The largest absolute Gasteiger partial charge is 0.482 e. The number of benzene rings is 2. The lowest BCUT2D eigenvalue weighted by Crippen LogP contribution is -2.26. The maximum absolute atomic E-state index is 11.4. The van der Waals surface area contributed by atoms with Gasteiger partial charge in [-0.1, -0.05) is 18.2 Å². The van der Waals surface area contributed by atoms with E-state index in [9.17, 15) is 4.79 Å². The minimum absolute atomic E-state index is 0.0272. The Morgan fingerprint density at radius 2 is 2.00 bits per heavy atom. The van der Waals surface area contributed by atoms with Crippen LogP contribution in [0.1, 0.15) is 5.56 Å². The van der Waals surface area contributed by atoms with Crippen LogP contribution in [0.5, 0.6) is 5.75 Å². The molecule has 3 rings (SSSR count). The minimum atomic E-state index is -0.156. The molecule has 21 heavy (non-hydrogen) atoms. The molecule has 5 heteroatoms. The first-order valence-electron chi connectivity index (χ1n) is 6.72. The summed E-state index contributed by atoms with van der Waals surface area (Å²) in [4.78, 5) is 13.4. The highest BCUT2D eigenvalue weighted by atomic mass is 16.5. The van der Waals surface area contributed by atoms with Crippen molar-refractivity contribution in [2.24, 2.45) is 0 Å². The van der Waals surface area contributed by atoms with Crippen LogP contribution in [0, 0.1) is 6.92 Å². The van der Waals surface area contributed by atoms with Gasteiger partial charge in [0.1, 0.15) is 5.75 Å². The predicted molar refractivity (Wildman–Crippen MR) is 84.2 cm³/mol. The van der Waals surface area contributed by atoms with E-state index in [0.29, 0.717) is 17.1 Å². The van der Waals surface area contributed by atoms with Gasteiger partial charge in [0.05, 0.1) is 17.1 Å². The standard InChI is InChI=1S/C16H17N3O2/c1-10-5-3-4-6-13(10)19(2)14-8-12-15(7-11(14)17)21-9-16(20)18-12/h3-8H,9,17H2,1-2H3,(H,18,20). The maximum Gasteiger partial charge on any atom is 0.262 e. The second-order valence-corrected chi connectivity index (χ2v) is 5.09. The molecule has 0 fully saturated rings. The van der Waals surface area contributed by atoms with Gasteiger partial charge >= 0.3 is 0 Å². The van der Waals surface area contributed by atoms with Gasteiger partial charge in [0.25, 0.3) is 5.91 Å². The number of nitrogen functional groups attached to an aromatic ring is 1. The Morgan fingerprint density at radius 3 is 2.76 bits per heavy atom. The van der Waals surface area contributed by atoms with E-state index in [-0.39, 0.29) is 12.5 Å². The van der Waals surface area contributed by atoms with Crippen LogP contribution in [-0.4, -0.2) is 19.6 Å². The number of anilines is 4. The first-order valence-corrected chi connectivity index (χ1v) is 6.72. The second kappa shape index (κ2) is 5.01. The lowest BCUT2D eigenvalue weighted by atomic mass is 10.1. The number of nitrogens with zero attached hydrogens (tertiary/aromatic N) is 1. The number of nitrogens with one attached hydrogen (secondary N) is 1. The van der Waals surface area contributed by atoms with E-state index in [0.717, 1.165) is 16.9 Å². The molecular formula is C16H17N3O2. The normalized spacial score (nSPS) is 13.1. The number of aryl methyl sites for hydroxylation is 1. The van der Waals surface area contributed by atoms with Crippen LogP contribution in [0.15, 0.2) is 36.4 Å². The first-order chi connectivity index (χ1) is 10.1. The fraction of sp³-hybridized carbons (Fsp3) is 0.188. The molecule has 0 saturated heterocycles. The Hall–Kier alpha value is -2.69. The van der Waals surface area contributed by atoms with E-state index >= 15 is 0 Å². The topological polar surface area (TPSA) is 67.6 Å². The summed E-state index contributed by atoms with van der Waals surface area (Å²) < 4.78 is 5.37. The monoisotopic (exact) mass is 283 g/mol. The smallest absolute Gasteiger partial charge is 0.262 e. The molecule has 0 saturated carbocycles. The average molecular weight is 283 g/mol. The number of carbonyl (C=O) groups excluding carboxylic acids is 1. The third-order valence-electron chi connectivity index (χ3n) is 3.60. The lowest BCUT2D eigenvalue weighted by molar-refractivity contribution is -0.118. The van der Waals surface area contributed by atoms with Gasteiger partial charge in [0, 0.05) is 18.8 Å². The second-order valence-electron chi connectivity index (χ2n) is 5.09. The van der Waals surface area contributed by atoms with Gasteiger partial charge in [-0.25, -0.2) is 0 Å². The van der Waals surface area contributed by atoms with Crippen molar-refractivity contribution in [1.29, 1.82) is 0 Å². The molecule has 3 N–H and O–H groups in total. The molecule has 1 aliphatic heterocycles. The third-order valence-corrected chi connectivity index (χ3v) is 3.60. The van der Waals surface area contributed by atoms with Crippen LogP contribution in [0.25, 0.3) is 0 Å². The minimum Gasteiger partial charge on any atom is -0.482 e. The summed E-state index contributed by atoms with van der Waals surface area (Å²) in [5.74, 6) is 0.450. The van der Waals surface area contributed by atoms with Crippen molar-refractivity contribution < 1.29 is 9.53 Å². The summed E-state index contributed by atoms with van der Waals surface area (Å²) in [7, 11) is 1.95. The fourth-order valence-corrected chi connectivity index (χ4v) is 2.49. The summed E-state index contributed by atoms with van der Waals surface area (Å²) >= 11 is 0. The Kier molecular flexibility index (Phi) is 3.17. The number of fused-ring (bicyclic) bond motifs is 1. The van der Waals surface area contributed by atoms with Gasteiger partial charge in [0.2, 0.25) is 0 Å². The summed E-state index contributed by atoms with van der Waals surface area (Å²) in [5.41, 5.74) is 10.4. The molecule has 0 bridgehead atoms. The van der Waals surface area contributed by atoms with E-state index in [1.165, 1.54) is 0 Å². The molecule has 0 radical (unpaired) electrons. The summed E-state index contributed by atoms with van der Waals surface area (Å²) in [6, 6.07) is 11.6. The first kappa shape index (κ1) is 13.3. The molecule has 0 atom stereocenters. The fourth-order valence-electron chi connectivity index (χ4n) is 2.49. The van der Waals surface area contributed by atoms with Crippen molar-refractivity contribution in [3.8, 4) is 5.75 Å². The van der Waals surface area contributed by atoms with Crippen LogP contribution in [-0.2, 0) is 4.79 Å². The Bertz CT molecular complexity index is 713. The number of nitrogens with two attached hydrogens (primary N) is 1. The van der Waals surface area contributed by atoms with Gasteiger partial charge < -0.3 is 20.7 Å². The highest BCUT2D eigenvalue weighted by Gasteiger charge is 2.20. The Morgan fingerprint density at radius 1 is 1.24 bits per heavy atom. The van der Waals surface area contributed by atoms with Crippen molar-refractivity contribution in [3.63, 3.8) is 0 Å². The maximum atomic E-state index is 11.4. The zero-order valence-electron chi connectivity index (χ0n) is 12.0. The van der Waals surface area contributed by atoms with E-state index in [4.69, 9.17) is 10.5 Å². The van der Waals surface area contributed by atoms with Gasteiger partial charge in [-0.05, 0) is 24.6 Å². The predicted octanol–water partition coefficient (Wildman–Crippen LogP) is 2.68. The molecule has 0 spiro atoms. The number of rotatable bonds is 2. The zero-order valence-corrected chi connectivity index (χ0v) is 12.0. The lowest BCUT2D eigenvalue weighted by Gasteiger charge is -2.26. The number of hydrogen-bond acceptors (Lipinski definition) is 4. The Labute approximate surface area is 123 Å². The molecule has 2 aromatic rings. The van der Waals surface area contributed by atoms with Crippen molar-refractivity contribution in [2.45, 2.75) is 6.92 Å². The molecule has 1 heterocycles. The quantitative estimate of drug-likeness (QED) is 0.831. The molecule has 1 amide bonds. The van der Waals surface area contributed by atoms with Crippen LogP contribution in [0.4, 0.5) is 22.7 Å². The van der Waals surface area contributed by atoms with Crippen LogP contribution in [0.3, 0.4) is 0 Å². The van der Waals surface area contributed by atoms with Gasteiger partial charge in [0.15, 0.2) is 6.61 Å². The van der Waals surface area contributed by atoms with Crippen molar-refractivity contribution in [1.82, 2.24) is 0 Å². The SMILES string of the molecule is Cc1ccccc1N(C)c1cc2c(cc1N)OCC(=O)N2. The summed E-state index contributed by atoms with van der Waals surface area (Å²) in [5, 5.41) is 2.80. The molecule has 108 valence electrons. The highest BCUT2D eigenvalue weighted by Crippen LogP contribution is 2.39. The molecular weight excluding hydrogens is 266 g/mol. The van der Waals surface area contributed by atoms with E-state index in [2.05, 4.69) is 5.32 Å². The highest BCUT2D eigenvalue weighted by molar-refractivity contribution is 5.97. The van der Waals surface area contributed by atoms with Crippen LogP contribution >= 0.6 is 0 Å². The van der Waals surface area contributed by atoms with Crippen LogP contribution in [0.2, 0.25) is 0 Å². The zero-order chi connectivity index (χ0) is 15.0. The van der Waals surface area contributed by atoms with Crippen molar-refractivity contribution >= 4 is 28.7 Å².